The van der Waals surface area contributed by atoms with Crippen LogP contribution >= 0.6 is 0 Å². The van der Waals surface area contributed by atoms with Gasteiger partial charge in [0.25, 0.3) is 11.6 Å². The second-order valence-corrected chi connectivity index (χ2v) is 8.12. The highest BCUT2D eigenvalue weighted by Crippen LogP contribution is 2.33. The number of non-ortho nitro benzene ring substituents is 1. The first-order chi connectivity index (χ1) is 13.8. The van der Waals surface area contributed by atoms with Crippen molar-refractivity contribution in [2.45, 2.75) is 31.0 Å². The van der Waals surface area contributed by atoms with Crippen molar-refractivity contribution < 1.29 is 31.3 Å². The molecule has 1 aromatic carbocycles. The summed E-state index contributed by atoms with van der Waals surface area (Å²) < 4.78 is 67.1. The van der Waals surface area contributed by atoms with E-state index in [2.05, 4.69) is 15.1 Å². The second-order valence-electron chi connectivity index (χ2n) is 6.35. The summed E-state index contributed by atoms with van der Waals surface area (Å²) in [4.78, 5) is 21.8. The smallest absolute Gasteiger partial charge is 0.351 e. The maximum absolute atomic E-state index is 13.3. The van der Waals surface area contributed by atoms with E-state index in [9.17, 15) is 36.5 Å². The van der Waals surface area contributed by atoms with E-state index < -0.39 is 50.0 Å². The molecular formula is C16H18F3N5O5S. The van der Waals surface area contributed by atoms with Gasteiger partial charge in [-0.1, -0.05) is 6.07 Å². The fraction of sp³-hybridized carbons (Fsp3) is 0.375. The van der Waals surface area contributed by atoms with Gasteiger partial charge in [0.1, 0.15) is 0 Å². The Bertz CT molecular complexity index is 1050. The number of carbonyl (C=O) groups excluding carboxylic acids is 1. The Morgan fingerprint density at radius 2 is 1.97 bits per heavy atom. The lowest BCUT2D eigenvalue weighted by Gasteiger charge is -2.15. The largest absolute Gasteiger partial charge is 0.433 e. The molecule has 30 heavy (non-hydrogen) atoms. The standard InChI is InChI=1S/C16H18F3N5O5S/c1-10(2)23-14(16(17,18)19)13(9-21-23)15(25)20-6-7-22-30(28,29)12-5-3-4-11(8-12)24(26)27/h3-5,8-10,22H,6-7H2,1-2H3,(H,20,25). The summed E-state index contributed by atoms with van der Waals surface area (Å²) in [5.74, 6) is -1.07. The number of rotatable bonds is 8. The quantitative estimate of drug-likeness (QED) is 0.360. The van der Waals surface area contributed by atoms with Crippen LogP contribution in [0.1, 0.15) is 35.9 Å². The highest BCUT2D eigenvalue weighted by Gasteiger charge is 2.40. The Labute approximate surface area is 169 Å². The zero-order chi connectivity index (χ0) is 22.7. The minimum absolute atomic E-state index is 0.322. The van der Waals surface area contributed by atoms with Gasteiger partial charge in [-0.2, -0.15) is 18.3 Å². The van der Waals surface area contributed by atoms with Crippen LogP contribution in [-0.4, -0.2) is 42.1 Å². The van der Waals surface area contributed by atoms with Gasteiger partial charge in [-0.25, -0.2) is 13.1 Å². The number of nitro groups is 1. The molecule has 10 nitrogen and oxygen atoms in total. The first-order valence-corrected chi connectivity index (χ1v) is 10.00. The third-order valence-electron chi connectivity index (χ3n) is 3.84. The average Bonchev–Trinajstić information content (AvgIpc) is 3.11. The van der Waals surface area contributed by atoms with Crippen molar-refractivity contribution in [1.29, 1.82) is 0 Å². The van der Waals surface area contributed by atoms with Crippen LogP contribution in [0.4, 0.5) is 18.9 Å². The Morgan fingerprint density at radius 1 is 1.30 bits per heavy atom. The molecule has 0 radical (unpaired) electrons. The van der Waals surface area contributed by atoms with E-state index in [1.54, 1.807) is 0 Å². The number of halogens is 3. The summed E-state index contributed by atoms with van der Waals surface area (Å²) in [5.41, 5.74) is -2.31. The summed E-state index contributed by atoms with van der Waals surface area (Å²) >= 11 is 0. The molecular weight excluding hydrogens is 431 g/mol. The number of nitrogens with zero attached hydrogens (tertiary/aromatic N) is 3. The topological polar surface area (TPSA) is 136 Å². The van der Waals surface area contributed by atoms with E-state index in [1.807, 2.05) is 0 Å². The summed E-state index contributed by atoms with van der Waals surface area (Å²) in [6.45, 7) is 2.28. The van der Waals surface area contributed by atoms with E-state index in [4.69, 9.17) is 0 Å². The van der Waals surface area contributed by atoms with Crippen molar-refractivity contribution in [1.82, 2.24) is 19.8 Å². The number of amides is 1. The van der Waals surface area contributed by atoms with Crippen LogP contribution in [0.2, 0.25) is 0 Å². The summed E-state index contributed by atoms with van der Waals surface area (Å²) in [6.07, 6.45) is -4.01. The van der Waals surface area contributed by atoms with Crippen molar-refractivity contribution in [2.24, 2.45) is 0 Å². The normalized spacial score (nSPS) is 12.2. The molecule has 0 spiro atoms. The van der Waals surface area contributed by atoms with Crippen LogP contribution < -0.4 is 10.0 Å². The third kappa shape index (κ3) is 5.33. The number of alkyl halides is 3. The molecule has 2 aromatic rings. The molecule has 0 bridgehead atoms. The SMILES string of the molecule is CC(C)n1ncc(C(=O)NCCNS(=O)(=O)c2cccc([N+](=O)[O-])c2)c1C(F)(F)F. The summed E-state index contributed by atoms with van der Waals surface area (Å²) in [7, 11) is -4.12. The molecule has 14 heteroatoms. The van der Waals surface area contributed by atoms with Crippen LogP contribution in [0.25, 0.3) is 0 Å². The number of hydrogen-bond acceptors (Lipinski definition) is 6. The van der Waals surface area contributed by atoms with Gasteiger partial charge >= 0.3 is 6.18 Å². The third-order valence-corrected chi connectivity index (χ3v) is 5.30. The van der Waals surface area contributed by atoms with Gasteiger partial charge in [-0.3, -0.25) is 19.6 Å². The lowest BCUT2D eigenvalue weighted by molar-refractivity contribution is -0.385. The molecule has 2 N–H and O–H groups in total. The molecule has 1 aromatic heterocycles. The van der Waals surface area contributed by atoms with E-state index >= 15 is 0 Å². The van der Waals surface area contributed by atoms with Crippen LogP contribution in [0.5, 0.6) is 0 Å². The number of nitrogens with one attached hydrogen (secondary N) is 2. The zero-order valence-electron chi connectivity index (χ0n) is 15.8. The molecule has 0 saturated heterocycles. The molecule has 2 rings (SSSR count). The molecule has 0 unspecified atom stereocenters. The van der Waals surface area contributed by atoms with Crippen molar-refractivity contribution in [3.05, 3.63) is 51.8 Å². The Morgan fingerprint density at radius 3 is 2.53 bits per heavy atom. The highest BCUT2D eigenvalue weighted by molar-refractivity contribution is 7.89. The number of sulfonamides is 1. The van der Waals surface area contributed by atoms with E-state index in [1.165, 1.54) is 19.9 Å². The molecule has 0 aliphatic heterocycles. The van der Waals surface area contributed by atoms with Gasteiger partial charge in [0.05, 0.1) is 21.6 Å². The monoisotopic (exact) mass is 449 g/mol. The van der Waals surface area contributed by atoms with Crippen molar-refractivity contribution in [3.8, 4) is 0 Å². The van der Waals surface area contributed by atoms with Crippen molar-refractivity contribution in [3.63, 3.8) is 0 Å². The van der Waals surface area contributed by atoms with Crippen LogP contribution in [0, 0.1) is 10.1 Å². The minimum atomic E-state index is -4.81. The fourth-order valence-electron chi connectivity index (χ4n) is 2.51. The minimum Gasteiger partial charge on any atom is -0.351 e. The number of aromatic nitrogens is 2. The van der Waals surface area contributed by atoms with E-state index in [0.717, 1.165) is 24.4 Å². The Balaban J connectivity index is 2.04. The average molecular weight is 449 g/mol. The number of benzene rings is 1. The van der Waals surface area contributed by atoms with Crippen LogP contribution in [-0.2, 0) is 16.2 Å². The van der Waals surface area contributed by atoms with Crippen molar-refractivity contribution in [2.75, 3.05) is 13.1 Å². The first-order valence-electron chi connectivity index (χ1n) is 8.51. The van der Waals surface area contributed by atoms with E-state index in [0.29, 0.717) is 4.68 Å². The predicted octanol–water partition coefficient (Wildman–Crippen LogP) is 2.10. The zero-order valence-corrected chi connectivity index (χ0v) is 16.6. The fourth-order valence-corrected chi connectivity index (χ4v) is 3.58. The Kier molecular flexibility index (Phi) is 6.82. The van der Waals surface area contributed by atoms with Gasteiger partial charge in [0.15, 0.2) is 5.69 Å². The molecule has 0 saturated carbocycles. The van der Waals surface area contributed by atoms with Crippen LogP contribution in [0.15, 0.2) is 35.4 Å². The highest BCUT2D eigenvalue weighted by atomic mass is 32.2. The Hall–Kier alpha value is -3.00. The van der Waals surface area contributed by atoms with Crippen LogP contribution in [0.3, 0.4) is 0 Å². The second kappa shape index (κ2) is 8.79. The number of carbonyl (C=O) groups is 1. The maximum Gasteiger partial charge on any atom is 0.433 e. The van der Waals surface area contributed by atoms with Gasteiger partial charge in [-0.05, 0) is 19.9 Å². The van der Waals surface area contributed by atoms with E-state index in [-0.39, 0.29) is 18.0 Å². The predicted molar refractivity (Wildman–Crippen MR) is 98.2 cm³/mol. The number of hydrogen-bond donors (Lipinski definition) is 2. The van der Waals surface area contributed by atoms with Gasteiger partial charge in [0.2, 0.25) is 10.0 Å². The molecule has 1 amide bonds. The first kappa shape index (κ1) is 23.3. The molecule has 1 heterocycles. The molecule has 0 aliphatic rings. The molecule has 0 aliphatic carbocycles. The van der Waals surface area contributed by atoms with Gasteiger partial charge in [-0.15, -0.1) is 0 Å². The summed E-state index contributed by atoms with van der Waals surface area (Å²) in [5, 5.41) is 16.5. The lowest BCUT2D eigenvalue weighted by Crippen LogP contribution is -2.35. The molecule has 0 fully saturated rings. The van der Waals surface area contributed by atoms with Crippen molar-refractivity contribution >= 4 is 21.6 Å². The number of nitro benzene ring substituents is 1. The van der Waals surface area contributed by atoms with Gasteiger partial charge in [0, 0.05) is 31.3 Å². The maximum atomic E-state index is 13.3. The van der Waals surface area contributed by atoms with Gasteiger partial charge < -0.3 is 5.32 Å². The summed E-state index contributed by atoms with van der Waals surface area (Å²) in [6, 6.07) is 3.68. The lowest BCUT2D eigenvalue weighted by atomic mass is 10.2. The molecule has 0 atom stereocenters. The molecule has 164 valence electrons.